The summed E-state index contributed by atoms with van der Waals surface area (Å²) in [7, 11) is 0. The minimum atomic E-state index is 0.619. The van der Waals surface area contributed by atoms with E-state index >= 15 is 0 Å². The maximum Gasteiger partial charge on any atom is 0.0640 e. The molecule has 0 saturated carbocycles. The van der Waals surface area contributed by atoms with Gasteiger partial charge in [-0.3, -0.25) is 0 Å². The van der Waals surface area contributed by atoms with Gasteiger partial charge in [-0.15, -0.1) is 0 Å². The summed E-state index contributed by atoms with van der Waals surface area (Å²) in [6.07, 6.45) is 1.75. The molecule has 0 bridgehead atoms. The van der Waals surface area contributed by atoms with E-state index in [2.05, 4.69) is 35.2 Å². The summed E-state index contributed by atoms with van der Waals surface area (Å²) in [6, 6.07) is 10.6. The van der Waals surface area contributed by atoms with Crippen LogP contribution in [0.3, 0.4) is 0 Å². The number of benzene rings is 1. The van der Waals surface area contributed by atoms with Gasteiger partial charge in [-0.2, -0.15) is 5.26 Å². The van der Waals surface area contributed by atoms with Gasteiger partial charge in [0.2, 0.25) is 0 Å². The van der Waals surface area contributed by atoms with Crippen molar-refractivity contribution < 1.29 is 0 Å². The third-order valence-corrected chi connectivity index (χ3v) is 2.48. The van der Waals surface area contributed by atoms with Gasteiger partial charge >= 0.3 is 0 Å². The molecule has 13 heavy (non-hydrogen) atoms. The molecule has 0 N–H and O–H groups in total. The molecule has 1 aromatic carbocycles. The van der Waals surface area contributed by atoms with Crippen molar-refractivity contribution in [2.24, 2.45) is 0 Å². The lowest BCUT2D eigenvalue weighted by molar-refractivity contribution is 0.831. The molecule has 0 radical (unpaired) electrons. The van der Waals surface area contributed by atoms with E-state index in [9.17, 15) is 0 Å². The highest BCUT2D eigenvalue weighted by Gasteiger charge is 2.16. The molecule has 0 fully saturated rings. The topological polar surface area (TPSA) is 27.0 Å². The lowest BCUT2D eigenvalue weighted by Crippen LogP contribution is -2.21. The molecule has 1 heterocycles. The molecule has 66 valence electrons. The number of hydrogen-bond donors (Lipinski definition) is 0. The van der Waals surface area contributed by atoms with E-state index < -0.39 is 0 Å². The molecule has 0 aliphatic carbocycles. The Labute approximate surface area is 78.4 Å². The molecule has 2 rings (SSSR count). The van der Waals surface area contributed by atoms with Crippen LogP contribution in [0.1, 0.15) is 12.0 Å². The molecule has 0 amide bonds. The molecule has 0 aromatic heterocycles. The standard InChI is InChI=1S/C11H12N2/c12-7-3-8-13-9-6-10-4-1-2-5-11(10)13/h1-2,4-5H,3,6,8-9H2. The first-order valence-corrected chi connectivity index (χ1v) is 4.61. The van der Waals surface area contributed by atoms with E-state index in [-0.39, 0.29) is 0 Å². The van der Waals surface area contributed by atoms with Gasteiger partial charge in [-0.25, -0.2) is 0 Å². The summed E-state index contributed by atoms with van der Waals surface area (Å²) in [5.74, 6) is 0. The Balaban J connectivity index is 2.15. The predicted octanol–water partition coefficient (Wildman–Crippen LogP) is 1.96. The first kappa shape index (κ1) is 8.12. The average molecular weight is 172 g/mol. The van der Waals surface area contributed by atoms with Crippen LogP contribution in [0, 0.1) is 11.3 Å². The van der Waals surface area contributed by atoms with E-state index in [0.29, 0.717) is 6.42 Å². The van der Waals surface area contributed by atoms with Gasteiger partial charge in [0, 0.05) is 18.8 Å². The van der Waals surface area contributed by atoms with Gasteiger partial charge in [-0.05, 0) is 18.1 Å². The maximum atomic E-state index is 8.50. The Morgan fingerprint density at radius 1 is 1.38 bits per heavy atom. The van der Waals surface area contributed by atoms with Crippen LogP contribution in [0.2, 0.25) is 0 Å². The molecule has 2 nitrogen and oxygen atoms in total. The molecular weight excluding hydrogens is 160 g/mol. The molecule has 1 aromatic rings. The zero-order valence-corrected chi connectivity index (χ0v) is 7.53. The smallest absolute Gasteiger partial charge is 0.0640 e. The highest BCUT2D eigenvalue weighted by atomic mass is 15.1. The monoisotopic (exact) mass is 172 g/mol. The van der Waals surface area contributed by atoms with Crippen LogP contribution in [-0.2, 0) is 6.42 Å². The zero-order chi connectivity index (χ0) is 9.10. The minimum Gasteiger partial charge on any atom is -0.370 e. The second-order valence-corrected chi connectivity index (χ2v) is 3.27. The van der Waals surface area contributed by atoms with Crippen molar-refractivity contribution in [2.45, 2.75) is 12.8 Å². The van der Waals surface area contributed by atoms with E-state index in [0.717, 1.165) is 19.5 Å². The summed E-state index contributed by atoms with van der Waals surface area (Å²) in [4.78, 5) is 2.29. The third kappa shape index (κ3) is 1.50. The summed E-state index contributed by atoms with van der Waals surface area (Å²) in [5, 5.41) is 8.50. The summed E-state index contributed by atoms with van der Waals surface area (Å²) >= 11 is 0. The Kier molecular flexibility index (Phi) is 2.18. The van der Waals surface area contributed by atoms with E-state index in [1.807, 2.05) is 0 Å². The average Bonchev–Trinajstić information content (AvgIpc) is 2.58. The Morgan fingerprint density at radius 3 is 3.08 bits per heavy atom. The fourth-order valence-corrected chi connectivity index (χ4v) is 1.82. The number of nitriles is 1. The second kappa shape index (κ2) is 3.49. The predicted molar refractivity (Wildman–Crippen MR) is 52.6 cm³/mol. The second-order valence-electron chi connectivity index (χ2n) is 3.27. The van der Waals surface area contributed by atoms with Gasteiger partial charge in [0.1, 0.15) is 0 Å². The van der Waals surface area contributed by atoms with Crippen molar-refractivity contribution in [3.05, 3.63) is 29.8 Å². The number of rotatable bonds is 2. The Hall–Kier alpha value is -1.49. The van der Waals surface area contributed by atoms with E-state index in [4.69, 9.17) is 5.26 Å². The SMILES string of the molecule is N#CCCN1CCc2ccccc21. The maximum absolute atomic E-state index is 8.50. The molecule has 1 aliphatic rings. The molecule has 0 unspecified atom stereocenters. The van der Waals surface area contributed by atoms with Gasteiger partial charge in [0.15, 0.2) is 0 Å². The molecule has 0 saturated heterocycles. The lowest BCUT2D eigenvalue weighted by Gasteiger charge is -2.16. The number of nitrogens with zero attached hydrogens (tertiary/aromatic N) is 2. The minimum absolute atomic E-state index is 0.619. The largest absolute Gasteiger partial charge is 0.370 e. The third-order valence-electron chi connectivity index (χ3n) is 2.48. The van der Waals surface area contributed by atoms with Crippen molar-refractivity contribution >= 4 is 5.69 Å². The summed E-state index contributed by atoms with van der Waals surface area (Å²) in [5.41, 5.74) is 2.73. The van der Waals surface area contributed by atoms with Crippen molar-refractivity contribution in [3.8, 4) is 6.07 Å². The van der Waals surface area contributed by atoms with Crippen LogP contribution < -0.4 is 4.90 Å². The Morgan fingerprint density at radius 2 is 2.23 bits per heavy atom. The van der Waals surface area contributed by atoms with Crippen molar-refractivity contribution in [3.63, 3.8) is 0 Å². The first-order valence-electron chi connectivity index (χ1n) is 4.61. The highest BCUT2D eigenvalue weighted by Crippen LogP contribution is 2.26. The highest BCUT2D eigenvalue weighted by molar-refractivity contribution is 5.57. The van der Waals surface area contributed by atoms with Crippen LogP contribution in [0.5, 0.6) is 0 Å². The van der Waals surface area contributed by atoms with Crippen molar-refractivity contribution in [1.82, 2.24) is 0 Å². The fourth-order valence-electron chi connectivity index (χ4n) is 1.82. The van der Waals surface area contributed by atoms with Gasteiger partial charge in [0.05, 0.1) is 12.5 Å². The van der Waals surface area contributed by atoms with E-state index in [1.54, 1.807) is 0 Å². The molecular formula is C11H12N2. The number of para-hydroxylation sites is 1. The first-order chi connectivity index (χ1) is 6.42. The van der Waals surface area contributed by atoms with Crippen molar-refractivity contribution in [1.29, 1.82) is 5.26 Å². The molecule has 1 aliphatic heterocycles. The zero-order valence-electron chi connectivity index (χ0n) is 7.53. The number of anilines is 1. The quantitative estimate of drug-likeness (QED) is 0.682. The van der Waals surface area contributed by atoms with Crippen molar-refractivity contribution in [2.75, 3.05) is 18.0 Å². The van der Waals surface area contributed by atoms with Gasteiger partial charge < -0.3 is 4.90 Å². The lowest BCUT2D eigenvalue weighted by atomic mass is 10.2. The summed E-state index contributed by atoms with van der Waals surface area (Å²) < 4.78 is 0. The van der Waals surface area contributed by atoms with Crippen LogP contribution in [0.25, 0.3) is 0 Å². The fraction of sp³-hybridized carbons (Fsp3) is 0.364. The normalized spacial score (nSPS) is 13.9. The van der Waals surface area contributed by atoms with Crippen LogP contribution in [-0.4, -0.2) is 13.1 Å². The van der Waals surface area contributed by atoms with Gasteiger partial charge in [0.25, 0.3) is 0 Å². The Bertz CT molecular complexity index is 338. The van der Waals surface area contributed by atoms with Crippen LogP contribution in [0.4, 0.5) is 5.69 Å². The number of fused-ring (bicyclic) bond motifs is 1. The molecule has 2 heteroatoms. The van der Waals surface area contributed by atoms with E-state index in [1.165, 1.54) is 11.3 Å². The molecule has 0 spiro atoms. The van der Waals surface area contributed by atoms with Gasteiger partial charge in [-0.1, -0.05) is 18.2 Å². The summed E-state index contributed by atoms with van der Waals surface area (Å²) in [6.45, 7) is 1.94. The number of hydrogen-bond acceptors (Lipinski definition) is 2. The van der Waals surface area contributed by atoms with Crippen LogP contribution in [0.15, 0.2) is 24.3 Å². The molecule has 0 atom stereocenters. The van der Waals surface area contributed by atoms with Crippen LogP contribution >= 0.6 is 0 Å².